The first kappa shape index (κ1) is 17.4. The Morgan fingerprint density at radius 1 is 1.42 bits per heavy atom. The third kappa shape index (κ3) is 4.15. The van der Waals surface area contributed by atoms with Crippen LogP contribution in [0.1, 0.15) is 24.8 Å². The van der Waals surface area contributed by atoms with E-state index in [0.717, 1.165) is 45.4 Å². The average Bonchev–Trinajstić information content (AvgIpc) is 3.06. The van der Waals surface area contributed by atoms with E-state index < -0.39 is 5.41 Å². The molecule has 132 valence electrons. The molecule has 5 nitrogen and oxygen atoms in total. The Kier molecular flexibility index (Phi) is 5.87. The fourth-order valence-electron chi connectivity index (χ4n) is 3.90. The molecule has 2 N–H and O–H groups in total. The largest absolute Gasteiger partial charge is 0.384 e. The van der Waals surface area contributed by atoms with Gasteiger partial charge in [-0.05, 0) is 37.9 Å². The Bertz CT molecular complexity index is 529. The molecule has 2 aliphatic rings. The summed E-state index contributed by atoms with van der Waals surface area (Å²) in [5.41, 5.74) is 0.941. The molecule has 24 heavy (non-hydrogen) atoms. The number of hydrogen-bond donors (Lipinski definition) is 2. The predicted octanol–water partition coefficient (Wildman–Crippen LogP) is 1.39. The van der Waals surface area contributed by atoms with Crippen LogP contribution in [0.5, 0.6) is 0 Å². The van der Waals surface area contributed by atoms with Gasteiger partial charge in [-0.2, -0.15) is 0 Å². The van der Waals surface area contributed by atoms with Gasteiger partial charge in [-0.15, -0.1) is 0 Å². The molecule has 0 bridgehead atoms. The lowest BCUT2D eigenvalue weighted by Gasteiger charge is -2.35. The molecule has 2 heterocycles. The summed E-state index contributed by atoms with van der Waals surface area (Å²) >= 11 is 0. The predicted molar refractivity (Wildman–Crippen MR) is 94.7 cm³/mol. The highest BCUT2D eigenvalue weighted by molar-refractivity contribution is 5.83. The molecule has 0 spiro atoms. The number of likely N-dealkylation sites (tertiary alicyclic amines) is 1. The number of carbonyl (C=O) groups excluding carboxylic acids is 1. The van der Waals surface area contributed by atoms with Gasteiger partial charge in [0.1, 0.15) is 0 Å². The summed E-state index contributed by atoms with van der Waals surface area (Å²) in [6.07, 6.45) is 3.05. The van der Waals surface area contributed by atoms with Crippen LogP contribution in [0.25, 0.3) is 0 Å². The number of amides is 1. The van der Waals surface area contributed by atoms with Crippen LogP contribution >= 0.6 is 0 Å². The zero-order valence-electron chi connectivity index (χ0n) is 14.6. The van der Waals surface area contributed by atoms with Crippen molar-refractivity contribution < 1.29 is 9.53 Å². The molecule has 0 aliphatic carbocycles. The molecule has 2 atom stereocenters. The highest BCUT2D eigenvalue weighted by atomic mass is 16.5. The van der Waals surface area contributed by atoms with Gasteiger partial charge in [-0.25, -0.2) is 0 Å². The Hall–Kier alpha value is -1.43. The van der Waals surface area contributed by atoms with Gasteiger partial charge < -0.3 is 15.4 Å². The number of nitrogens with one attached hydrogen (secondary N) is 2. The quantitative estimate of drug-likeness (QED) is 0.827. The van der Waals surface area contributed by atoms with Crippen molar-refractivity contribution in [2.75, 3.05) is 39.9 Å². The Morgan fingerprint density at radius 3 is 2.96 bits per heavy atom. The molecule has 0 aromatic heterocycles. The van der Waals surface area contributed by atoms with Crippen LogP contribution < -0.4 is 10.6 Å². The second-order valence-electron chi connectivity index (χ2n) is 7.17. The van der Waals surface area contributed by atoms with Crippen LogP contribution in [0.3, 0.4) is 0 Å². The van der Waals surface area contributed by atoms with Gasteiger partial charge in [0, 0.05) is 32.8 Å². The number of hydrogen-bond acceptors (Lipinski definition) is 4. The van der Waals surface area contributed by atoms with Crippen molar-refractivity contribution in [1.29, 1.82) is 0 Å². The minimum atomic E-state index is -0.392. The third-order valence-corrected chi connectivity index (χ3v) is 5.24. The van der Waals surface area contributed by atoms with Crippen LogP contribution in [0.2, 0.25) is 0 Å². The maximum Gasteiger partial charge on any atom is 0.230 e. The monoisotopic (exact) mass is 331 g/mol. The van der Waals surface area contributed by atoms with E-state index in [1.165, 1.54) is 5.56 Å². The molecule has 1 aromatic carbocycles. The molecule has 0 radical (unpaired) electrons. The second kappa shape index (κ2) is 8.10. The summed E-state index contributed by atoms with van der Waals surface area (Å²) in [5, 5.41) is 6.61. The van der Waals surface area contributed by atoms with Gasteiger partial charge in [-0.3, -0.25) is 9.69 Å². The zero-order valence-corrected chi connectivity index (χ0v) is 14.6. The minimum absolute atomic E-state index is 0.154. The average molecular weight is 331 g/mol. The summed E-state index contributed by atoms with van der Waals surface area (Å²) < 4.78 is 5.33. The number of rotatable bonds is 6. The SMILES string of the molecule is COCC1(C(=O)NC2CCCN(Cc3ccccc3)C2)CCNC1. The lowest BCUT2D eigenvalue weighted by atomic mass is 9.86. The summed E-state index contributed by atoms with van der Waals surface area (Å²) in [5.74, 6) is 0.154. The minimum Gasteiger partial charge on any atom is -0.384 e. The first-order chi connectivity index (χ1) is 11.7. The molecular weight excluding hydrogens is 302 g/mol. The summed E-state index contributed by atoms with van der Waals surface area (Å²) in [6.45, 7) is 5.09. The van der Waals surface area contributed by atoms with E-state index in [0.29, 0.717) is 13.2 Å². The van der Waals surface area contributed by atoms with Crippen LogP contribution in [0.4, 0.5) is 0 Å². The highest BCUT2D eigenvalue weighted by Gasteiger charge is 2.42. The molecule has 2 fully saturated rings. The maximum atomic E-state index is 12.8. The van der Waals surface area contributed by atoms with E-state index in [2.05, 4.69) is 39.8 Å². The van der Waals surface area contributed by atoms with E-state index in [9.17, 15) is 4.79 Å². The summed E-state index contributed by atoms with van der Waals surface area (Å²) in [7, 11) is 1.68. The topological polar surface area (TPSA) is 53.6 Å². The molecule has 2 saturated heterocycles. The van der Waals surface area contributed by atoms with Gasteiger partial charge in [-0.1, -0.05) is 30.3 Å². The van der Waals surface area contributed by atoms with Crippen LogP contribution in [0, 0.1) is 5.41 Å². The van der Waals surface area contributed by atoms with Crippen molar-refractivity contribution in [3.8, 4) is 0 Å². The van der Waals surface area contributed by atoms with Crippen molar-refractivity contribution in [1.82, 2.24) is 15.5 Å². The van der Waals surface area contributed by atoms with Crippen molar-refractivity contribution >= 4 is 5.91 Å². The van der Waals surface area contributed by atoms with Gasteiger partial charge in [0.25, 0.3) is 0 Å². The smallest absolute Gasteiger partial charge is 0.230 e. The second-order valence-corrected chi connectivity index (χ2v) is 7.17. The van der Waals surface area contributed by atoms with Crippen LogP contribution in [0.15, 0.2) is 30.3 Å². The molecule has 5 heteroatoms. The molecule has 1 aromatic rings. The number of benzene rings is 1. The van der Waals surface area contributed by atoms with Crippen molar-refractivity contribution in [3.63, 3.8) is 0 Å². The molecular formula is C19H29N3O2. The van der Waals surface area contributed by atoms with E-state index in [1.54, 1.807) is 7.11 Å². The molecule has 3 rings (SSSR count). The number of nitrogens with zero attached hydrogens (tertiary/aromatic N) is 1. The van der Waals surface area contributed by atoms with Crippen molar-refractivity contribution in [2.24, 2.45) is 5.41 Å². The van der Waals surface area contributed by atoms with Crippen molar-refractivity contribution in [2.45, 2.75) is 31.8 Å². The van der Waals surface area contributed by atoms with E-state index >= 15 is 0 Å². The number of methoxy groups -OCH3 is 1. The Morgan fingerprint density at radius 2 is 2.25 bits per heavy atom. The van der Waals surface area contributed by atoms with E-state index in [4.69, 9.17) is 4.74 Å². The van der Waals surface area contributed by atoms with Gasteiger partial charge in [0.2, 0.25) is 5.91 Å². The first-order valence-corrected chi connectivity index (χ1v) is 8.99. The number of carbonyl (C=O) groups is 1. The summed E-state index contributed by atoms with van der Waals surface area (Å²) in [4.78, 5) is 15.3. The fourth-order valence-corrected chi connectivity index (χ4v) is 3.90. The van der Waals surface area contributed by atoms with E-state index in [1.807, 2.05) is 6.07 Å². The van der Waals surface area contributed by atoms with Gasteiger partial charge in [0.05, 0.1) is 12.0 Å². The lowest BCUT2D eigenvalue weighted by Crippen LogP contribution is -2.53. The number of piperidine rings is 1. The number of ether oxygens (including phenoxy) is 1. The van der Waals surface area contributed by atoms with Crippen LogP contribution in [-0.2, 0) is 16.1 Å². The Balaban J connectivity index is 1.55. The normalized spacial score (nSPS) is 28.0. The molecule has 1 amide bonds. The van der Waals surface area contributed by atoms with Gasteiger partial charge in [0.15, 0.2) is 0 Å². The van der Waals surface area contributed by atoms with E-state index in [-0.39, 0.29) is 11.9 Å². The first-order valence-electron chi connectivity index (χ1n) is 8.99. The zero-order chi connectivity index (χ0) is 16.8. The highest BCUT2D eigenvalue weighted by Crippen LogP contribution is 2.27. The standard InChI is InChI=1S/C19H29N3O2/c1-24-15-19(9-10-20-14-19)18(23)21-17-8-5-11-22(13-17)12-16-6-3-2-4-7-16/h2-4,6-7,17,20H,5,8-15H2,1H3,(H,21,23). The van der Waals surface area contributed by atoms with Crippen molar-refractivity contribution in [3.05, 3.63) is 35.9 Å². The molecule has 2 aliphatic heterocycles. The van der Waals surface area contributed by atoms with Crippen LogP contribution in [-0.4, -0.2) is 56.7 Å². The fraction of sp³-hybridized carbons (Fsp3) is 0.632. The maximum absolute atomic E-state index is 12.8. The Labute approximate surface area is 144 Å². The third-order valence-electron chi connectivity index (χ3n) is 5.24. The summed E-state index contributed by atoms with van der Waals surface area (Å²) in [6, 6.07) is 10.8. The molecule has 0 saturated carbocycles. The lowest BCUT2D eigenvalue weighted by molar-refractivity contribution is -0.134. The molecule has 2 unspecified atom stereocenters. The van der Waals surface area contributed by atoms with Gasteiger partial charge >= 0.3 is 0 Å².